The largest absolute Gasteiger partial charge is 0.343 e. The normalized spacial score (nSPS) is 10.6. The van der Waals surface area contributed by atoms with Gasteiger partial charge in [-0.25, -0.2) is 8.42 Å². The lowest BCUT2D eigenvalue weighted by Gasteiger charge is -2.06. The second-order valence-corrected chi connectivity index (χ2v) is 4.27. The molecule has 6 heteroatoms. The Morgan fingerprint density at radius 2 is 1.86 bits per heavy atom. The van der Waals surface area contributed by atoms with Crippen molar-refractivity contribution in [3.63, 3.8) is 0 Å². The van der Waals surface area contributed by atoms with Crippen LogP contribution in [0, 0.1) is 0 Å². The molecule has 0 radical (unpaired) electrons. The average Bonchev–Trinajstić information content (AvgIpc) is 2.16. The van der Waals surface area contributed by atoms with Crippen LogP contribution in [0.15, 0.2) is 30.3 Å². The molecule has 0 saturated heterocycles. The number of amides is 1. The highest BCUT2D eigenvalue weighted by Gasteiger charge is 2.08. The summed E-state index contributed by atoms with van der Waals surface area (Å²) in [5.74, 6) is -0.425. The van der Waals surface area contributed by atoms with Gasteiger partial charge in [0.1, 0.15) is 5.88 Å². The summed E-state index contributed by atoms with van der Waals surface area (Å²) in [5, 5.41) is 2.08. The molecule has 0 heterocycles. The summed E-state index contributed by atoms with van der Waals surface area (Å²) < 4.78 is 24.8. The predicted molar refractivity (Wildman–Crippen MR) is 53.1 cm³/mol. The molecule has 2 N–H and O–H groups in total. The number of sulfonamides is 1. The van der Waals surface area contributed by atoms with Crippen molar-refractivity contribution in [3.8, 4) is 0 Å². The molecule has 1 rings (SSSR count). The maximum atomic E-state index is 11.2. The SMILES string of the molecule is O=CNCS(=O)(=O)Nc1ccccc1. The van der Waals surface area contributed by atoms with Crippen LogP contribution >= 0.6 is 0 Å². The van der Waals surface area contributed by atoms with Crippen molar-refractivity contribution in [2.24, 2.45) is 0 Å². The molecule has 0 aromatic heterocycles. The van der Waals surface area contributed by atoms with Crippen molar-refractivity contribution in [3.05, 3.63) is 30.3 Å². The van der Waals surface area contributed by atoms with Crippen LogP contribution < -0.4 is 10.0 Å². The number of para-hydroxylation sites is 1. The molecule has 14 heavy (non-hydrogen) atoms. The quantitative estimate of drug-likeness (QED) is 0.684. The zero-order valence-electron chi connectivity index (χ0n) is 7.30. The lowest BCUT2D eigenvalue weighted by atomic mass is 10.3. The standard InChI is InChI=1S/C8H10N2O3S/c11-6-9-7-14(12,13)10-8-4-2-1-3-5-8/h1-6,10H,7H2,(H,9,11). The van der Waals surface area contributed by atoms with Gasteiger partial charge < -0.3 is 5.32 Å². The van der Waals surface area contributed by atoms with Crippen molar-refractivity contribution in [2.45, 2.75) is 0 Å². The Hall–Kier alpha value is -1.56. The Kier molecular flexibility index (Phi) is 3.47. The highest BCUT2D eigenvalue weighted by Crippen LogP contribution is 2.06. The van der Waals surface area contributed by atoms with Gasteiger partial charge in [0.25, 0.3) is 10.0 Å². The van der Waals surface area contributed by atoms with Crippen molar-refractivity contribution in [1.29, 1.82) is 0 Å². The van der Waals surface area contributed by atoms with Crippen LogP contribution in [0.3, 0.4) is 0 Å². The van der Waals surface area contributed by atoms with Crippen molar-refractivity contribution >= 4 is 22.1 Å². The van der Waals surface area contributed by atoms with E-state index in [4.69, 9.17) is 0 Å². The Morgan fingerprint density at radius 1 is 1.21 bits per heavy atom. The predicted octanol–water partition coefficient (Wildman–Crippen LogP) is 0.132. The molecule has 1 amide bonds. The minimum Gasteiger partial charge on any atom is -0.343 e. The van der Waals surface area contributed by atoms with Gasteiger partial charge in [0.05, 0.1) is 0 Å². The zero-order valence-corrected chi connectivity index (χ0v) is 8.12. The molecule has 0 aliphatic heterocycles. The van der Waals surface area contributed by atoms with Gasteiger partial charge in [-0.2, -0.15) is 0 Å². The number of carbonyl (C=O) groups excluding carboxylic acids is 1. The van der Waals surface area contributed by atoms with Crippen LogP contribution in [-0.4, -0.2) is 20.7 Å². The fourth-order valence-corrected chi connectivity index (χ4v) is 1.72. The highest BCUT2D eigenvalue weighted by atomic mass is 32.2. The summed E-state index contributed by atoms with van der Waals surface area (Å²) in [6, 6.07) is 8.45. The molecule has 1 aromatic rings. The zero-order chi connectivity index (χ0) is 10.4. The summed E-state index contributed by atoms with van der Waals surface area (Å²) in [6.45, 7) is 0. The van der Waals surface area contributed by atoms with Crippen LogP contribution in [0.5, 0.6) is 0 Å². The van der Waals surface area contributed by atoms with E-state index in [-0.39, 0.29) is 0 Å². The summed E-state index contributed by atoms with van der Waals surface area (Å²) in [5.41, 5.74) is 0.472. The fourth-order valence-electron chi connectivity index (χ4n) is 0.866. The summed E-state index contributed by atoms with van der Waals surface area (Å²) in [7, 11) is -3.49. The van der Waals surface area contributed by atoms with Gasteiger partial charge in [-0.15, -0.1) is 0 Å². The Labute approximate surface area is 82.2 Å². The topological polar surface area (TPSA) is 75.3 Å². The highest BCUT2D eigenvalue weighted by molar-refractivity contribution is 7.92. The van der Waals surface area contributed by atoms with E-state index < -0.39 is 15.9 Å². The maximum Gasteiger partial charge on any atom is 0.250 e. The van der Waals surface area contributed by atoms with Gasteiger partial charge in [0.2, 0.25) is 6.41 Å². The first kappa shape index (κ1) is 10.5. The molecule has 0 atom stereocenters. The lowest BCUT2D eigenvalue weighted by molar-refractivity contribution is -0.109. The molecule has 1 aromatic carbocycles. The van der Waals surface area contributed by atoms with Crippen LogP contribution in [0.25, 0.3) is 0 Å². The van der Waals surface area contributed by atoms with Crippen LogP contribution in [0.1, 0.15) is 0 Å². The second kappa shape index (κ2) is 4.61. The molecule has 76 valence electrons. The van der Waals surface area contributed by atoms with E-state index in [0.29, 0.717) is 12.1 Å². The Bertz CT molecular complexity index is 388. The smallest absolute Gasteiger partial charge is 0.250 e. The third-order valence-corrected chi connectivity index (χ3v) is 2.50. The first-order chi connectivity index (χ1) is 6.64. The first-order valence-corrected chi connectivity index (χ1v) is 5.52. The number of rotatable bonds is 5. The van der Waals surface area contributed by atoms with Crippen LogP contribution in [-0.2, 0) is 14.8 Å². The molecule has 0 saturated carbocycles. The van der Waals surface area contributed by atoms with Crippen molar-refractivity contribution in [1.82, 2.24) is 5.32 Å². The van der Waals surface area contributed by atoms with Gasteiger partial charge in [-0.3, -0.25) is 9.52 Å². The number of carbonyl (C=O) groups is 1. The van der Waals surface area contributed by atoms with Gasteiger partial charge in [-0.1, -0.05) is 18.2 Å². The second-order valence-electron chi connectivity index (χ2n) is 2.55. The first-order valence-electron chi connectivity index (χ1n) is 3.86. The molecule has 0 unspecified atom stereocenters. The fraction of sp³-hybridized carbons (Fsp3) is 0.125. The molecule has 0 bridgehead atoms. The van der Waals surface area contributed by atoms with E-state index in [1.807, 2.05) is 0 Å². The summed E-state index contributed by atoms with van der Waals surface area (Å²) in [6.07, 6.45) is 0.338. The van der Waals surface area contributed by atoms with E-state index in [1.165, 1.54) is 0 Å². The van der Waals surface area contributed by atoms with Crippen molar-refractivity contribution in [2.75, 3.05) is 10.6 Å². The maximum absolute atomic E-state index is 11.2. The van der Waals surface area contributed by atoms with Crippen LogP contribution in [0.4, 0.5) is 5.69 Å². The van der Waals surface area contributed by atoms with E-state index >= 15 is 0 Å². The van der Waals surface area contributed by atoms with E-state index in [9.17, 15) is 13.2 Å². The van der Waals surface area contributed by atoms with Gasteiger partial charge in [0, 0.05) is 5.69 Å². The third-order valence-electron chi connectivity index (χ3n) is 1.40. The number of anilines is 1. The number of benzene rings is 1. The number of hydrogen-bond donors (Lipinski definition) is 2. The lowest BCUT2D eigenvalue weighted by Crippen LogP contribution is -2.26. The minimum absolute atomic E-state index is 0.338. The minimum atomic E-state index is -3.49. The molecule has 0 fully saturated rings. The Balaban J connectivity index is 2.64. The summed E-state index contributed by atoms with van der Waals surface area (Å²) in [4.78, 5) is 9.90. The number of hydrogen-bond acceptors (Lipinski definition) is 3. The molecule has 5 nitrogen and oxygen atoms in total. The third kappa shape index (κ3) is 3.44. The molecule has 0 spiro atoms. The van der Waals surface area contributed by atoms with E-state index in [0.717, 1.165) is 0 Å². The van der Waals surface area contributed by atoms with Crippen LogP contribution in [0.2, 0.25) is 0 Å². The molecule has 0 aliphatic rings. The average molecular weight is 214 g/mol. The van der Waals surface area contributed by atoms with Gasteiger partial charge in [0.15, 0.2) is 0 Å². The Morgan fingerprint density at radius 3 is 2.43 bits per heavy atom. The van der Waals surface area contributed by atoms with Gasteiger partial charge >= 0.3 is 0 Å². The monoisotopic (exact) mass is 214 g/mol. The van der Waals surface area contributed by atoms with Crippen molar-refractivity contribution < 1.29 is 13.2 Å². The summed E-state index contributed by atoms with van der Waals surface area (Å²) >= 11 is 0. The van der Waals surface area contributed by atoms with E-state index in [1.54, 1.807) is 30.3 Å². The van der Waals surface area contributed by atoms with Gasteiger partial charge in [-0.05, 0) is 12.1 Å². The molecule has 0 aliphatic carbocycles. The molecular weight excluding hydrogens is 204 g/mol. The number of nitrogens with one attached hydrogen (secondary N) is 2. The molecular formula is C8H10N2O3S. The van der Waals surface area contributed by atoms with E-state index in [2.05, 4.69) is 10.0 Å².